The van der Waals surface area contributed by atoms with Crippen LogP contribution in [0.4, 0.5) is 5.69 Å². The summed E-state index contributed by atoms with van der Waals surface area (Å²) >= 11 is 8.94. The second-order valence-electron chi connectivity index (χ2n) is 5.57. The average molecular weight is 418 g/mol. The van der Waals surface area contributed by atoms with Crippen molar-refractivity contribution in [1.29, 1.82) is 0 Å². The Kier molecular flexibility index (Phi) is 6.92. The van der Waals surface area contributed by atoms with Crippen LogP contribution in [0.15, 0.2) is 75.1 Å². The lowest BCUT2D eigenvalue weighted by Gasteiger charge is -2.11. The minimum atomic E-state index is -0.424. The monoisotopic (exact) mass is 417 g/mol. The molecular weight excluding hydrogens is 402 g/mol. The summed E-state index contributed by atoms with van der Waals surface area (Å²) in [5.74, 6) is -0.801. The molecule has 0 aliphatic carbocycles. The second-order valence-corrected chi connectivity index (χ2v) is 7.90. The lowest BCUT2D eigenvalue weighted by atomic mass is 10.2. The van der Waals surface area contributed by atoms with Gasteiger partial charge in [0.2, 0.25) is 0 Å². The molecule has 0 unspecified atom stereocenters. The number of carbonyl (C=O) groups excluding carboxylic acids is 2. The largest absolute Gasteiger partial charge is 0.455 e. The number of carbonyl (C=O) groups is 2. The van der Waals surface area contributed by atoms with Gasteiger partial charge in [0.15, 0.2) is 6.61 Å². The maximum absolute atomic E-state index is 12.2. The quantitative estimate of drug-likeness (QED) is 0.531. The third-order valence-corrected chi connectivity index (χ3v) is 5.56. The van der Waals surface area contributed by atoms with Crippen LogP contribution < -0.4 is 5.32 Å². The number of ether oxygens (including phenoxy) is 1. The third-order valence-electron chi connectivity index (χ3n) is 3.50. The molecule has 0 aliphatic rings. The Morgan fingerprint density at radius 2 is 1.85 bits per heavy atom. The van der Waals surface area contributed by atoms with Gasteiger partial charge in [0.25, 0.3) is 5.91 Å². The van der Waals surface area contributed by atoms with Gasteiger partial charge in [-0.05, 0) is 58.8 Å². The number of para-hydroxylation sites is 1. The van der Waals surface area contributed by atoms with E-state index in [-0.39, 0.29) is 18.9 Å². The Labute approximate surface area is 170 Å². The van der Waals surface area contributed by atoms with Crippen molar-refractivity contribution in [2.45, 2.75) is 16.2 Å². The third kappa shape index (κ3) is 6.13. The van der Waals surface area contributed by atoms with Crippen molar-refractivity contribution in [2.24, 2.45) is 0 Å². The summed E-state index contributed by atoms with van der Waals surface area (Å²) in [6.45, 7) is -0.317. The van der Waals surface area contributed by atoms with Crippen molar-refractivity contribution in [3.05, 3.63) is 75.9 Å². The highest BCUT2D eigenvalue weighted by Crippen LogP contribution is 2.33. The van der Waals surface area contributed by atoms with Gasteiger partial charge >= 0.3 is 5.97 Å². The van der Waals surface area contributed by atoms with Crippen LogP contribution in [0.25, 0.3) is 0 Å². The SMILES string of the molecule is O=C(COC(=O)Cc1ccsc1)Nc1ccccc1Sc1ccc(Cl)cc1. The fourth-order valence-corrected chi connectivity index (χ4v) is 3.93. The maximum atomic E-state index is 12.2. The number of hydrogen-bond acceptors (Lipinski definition) is 5. The predicted molar refractivity (Wildman–Crippen MR) is 110 cm³/mol. The van der Waals surface area contributed by atoms with E-state index in [0.717, 1.165) is 15.4 Å². The molecule has 3 rings (SSSR count). The molecule has 0 bridgehead atoms. The molecule has 0 saturated heterocycles. The van der Waals surface area contributed by atoms with E-state index in [2.05, 4.69) is 5.32 Å². The first-order valence-corrected chi connectivity index (χ1v) is 10.2. The van der Waals surface area contributed by atoms with Crippen LogP contribution in [0.2, 0.25) is 5.02 Å². The second kappa shape index (κ2) is 9.60. The predicted octanol–water partition coefficient (Wildman–Crippen LogP) is 5.28. The summed E-state index contributed by atoms with van der Waals surface area (Å²) < 4.78 is 5.05. The molecule has 1 aromatic heterocycles. The van der Waals surface area contributed by atoms with Crippen LogP contribution in [-0.2, 0) is 20.7 Å². The Morgan fingerprint density at radius 3 is 2.59 bits per heavy atom. The van der Waals surface area contributed by atoms with E-state index >= 15 is 0 Å². The smallest absolute Gasteiger partial charge is 0.310 e. The molecule has 1 heterocycles. The fraction of sp³-hybridized carbons (Fsp3) is 0.100. The molecule has 138 valence electrons. The highest BCUT2D eigenvalue weighted by molar-refractivity contribution is 7.99. The van der Waals surface area contributed by atoms with Crippen LogP contribution in [0, 0.1) is 0 Å². The number of halogens is 1. The van der Waals surface area contributed by atoms with Crippen LogP contribution in [-0.4, -0.2) is 18.5 Å². The Balaban J connectivity index is 1.56. The van der Waals surface area contributed by atoms with Crippen molar-refractivity contribution in [1.82, 2.24) is 0 Å². The number of nitrogens with one attached hydrogen (secondary N) is 1. The summed E-state index contributed by atoms with van der Waals surface area (Å²) in [6, 6.07) is 16.8. The Hall–Kier alpha value is -2.28. The van der Waals surface area contributed by atoms with E-state index < -0.39 is 5.97 Å². The van der Waals surface area contributed by atoms with E-state index in [9.17, 15) is 9.59 Å². The number of amides is 1. The lowest BCUT2D eigenvalue weighted by Crippen LogP contribution is -2.21. The first-order valence-electron chi connectivity index (χ1n) is 8.09. The number of esters is 1. The van der Waals surface area contributed by atoms with Crippen LogP contribution in [0.1, 0.15) is 5.56 Å². The molecule has 0 fully saturated rings. The Bertz CT molecular complexity index is 911. The van der Waals surface area contributed by atoms with Crippen molar-refractivity contribution in [3.63, 3.8) is 0 Å². The van der Waals surface area contributed by atoms with Crippen LogP contribution in [0.5, 0.6) is 0 Å². The van der Waals surface area contributed by atoms with Gasteiger partial charge < -0.3 is 10.1 Å². The number of benzene rings is 2. The molecule has 1 N–H and O–H groups in total. The summed E-state index contributed by atoms with van der Waals surface area (Å²) in [5, 5.41) is 7.24. The van der Waals surface area contributed by atoms with Crippen molar-refractivity contribution in [2.75, 3.05) is 11.9 Å². The molecule has 27 heavy (non-hydrogen) atoms. The summed E-state index contributed by atoms with van der Waals surface area (Å²) in [5.41, 5.74) is 1.55. The van der Waals surface area contributed by atoms with Crippen molar-refractivity contribution in [3.8, 4) is 0 Å². The van der Waals surface area contributed by atoms with E-state index in [1.54, 1.807) is 0 Å². The van der Waals surface area contributed by atoms with Gasteiger partial charge in [-0.25, -0.2) is 0 Å². The van der Waals surface area contributed by atoms with Gasteiger partial charge in [-0.2, -0.15) is 11.3 Å². The van der Waals surface area contributed by atoms with Gasteiger partial charge in [-0.1, -0.05) is 35.5 Å². The molecule has 2 aromatic carbocycles. The van der Waals surface area contributed by atoms with Gasteiger partial charge in [-0.15, -0.1) is 0 Å². The van der Waals surface area contributed by atoms with E-state index in [1.807, 2.05) is 65.4 Å². The molecule has 0 aliphatic heterocycles. The number of anilines is 1. The van der Waals surface area contributed by atoms with Crippen molar-refractivity contribution < 1.29 is 14.3 Å². The number of hydrogen-bond donors (Lipinski definition) is 1. The highest BCUT2D eigenvalue weighted by atomic mass is 35.5. The first kappa shape index (κ1) is 19.5. The molecular formula is C20H16ClNO3S2. The van der Waals surface area contributed by atoms with Crippen molar-refractivity contribution >= 4 is 52.3 Å². The normalized spacial score (nSPS) is 10.4. The Morgan fingerprint density at radius 1 is 1.07 bits per heavy atom. The molecule has 4 nitrogen and oxygen atoms in total. The zero-order valence-corrected chi connectivity index (χ0v) is 16.6. The molecule has 0 radical (unpaired) electrons. The molecule has 0 saturated carbocycles. The number of thiophene rings is 1. The van der Waals surface area contributed by atoms with E-state index in [1.165, 1.54) is 23.1 Å². The average Bonchev–Trinajstić information content (AvgIpc) is 3.16. The zero-order valence-electron chi connectivity index (χ0n) is 14.2. The topological polar surface area (TPSA) is 55.4 Å². The number of rotatable bonds is 7. The fourth-order valence-electron chi connectivity index (χ4n) is 2.23. The van der Waals surface area contributed by atoms with E-state index in [0.29, 0.717) is 10.7 Å². The zero-order chi connectivity index (χ0) is 19.1. The summed E-state index contributed by atoms with van der Waals surface area (Å²) in [4.78, 5) is 25.8. The summed E-state index contributed by atoms with van der Waals surface area (Å²) in [6.07, 6.45) is 0.166. The summed E-state index contributed by atoms with van der Waals surface area (Å²) in [7, 11) is 0. The minimum Gasteiger partial charge on any atom is -0.455 e. The van der Waals surface area contributed by atoms with Gasteiger partial charge in [0.05, 0.1) is 12.1 Å². The highest BCUT2D eigenvalue weighted by Gasteiger charge is 2.11. The molecule has 7 heteroatoms. The molecule has 0 atom stereocenters. The van der Waals surface area contributed by atoms with Gasteiger partial charge in [-0.3, -0.25) is 9.59 Å². The molecule has 1 amide bonds. The van der Waals surface area contributed by atoms with Crippen LogP contribution in [0.3, 0.4) is 0 Å². The lowest BCUT2D eigenvalue weighted by molar-refractivity contribution is -0.146. The maximum Gasteiger partial charge on any atom is 0.310 e. The molecule has 0 spiro atoms. The van der Waals surface area contributed by atoms with Crippen LogP contribution >= 0.6 is 34.7 Å². The van der Waals surface area contributed by atoms with Gasteiger partial charge in [0.1, 0.15) is 0 Å². The van der Waals surface area contributed by atoms with E-state index in [4.69, 9.17) is 16.3 Å². The standard InChI is InChI=1S/C20H16ClNO3S2/c21-15-5-7-16(8-6-15)27-18-4-2-1-3-17(18)22-19(23)12-25-20(24)11-14-9-10-26-13-14/h1-10,13H,11-12H2,(H,22,23). The molecule has 3 aromatic rings. The minimum absolute atomic E-state index is 0.166. The first-order chi connectivity index (χ1) is 13.1. The van der Waals surface area contributed by atoms with Gasteiger partial charge in [0, 0.05) is 14.8 Å².